The van der Waals surface area contributed by atoms with Crippen LogP contribution in [0.2, 0.25) is 0 Å². The lowest BCUT2D eigenvalue weighted by molar-refractivity contribution is 1.69. The Hall–Kier alpha value is -4.98. The lowest BCUT2D eigenvalue weighted by Crippen LogP contribution is -1.91. The van der Waals surface area contributed by atoms with Gasteiger partial charge in [0.15, 0.2) is 0 Å². The van der Waals surface area contributed by atoms with E-state index < -0.39 is 0 Å². The Morgan fingerprint density at radius 1 is 0.341 bits per heavy atom. The SMILES string of the molecule is c1ccc2cc(-c3c4ccccc4c(-c4cccc5sc6cc7ccccc7cc6c45)c4ccccc34)ccc2c1. The van der Waals surface area contributed by atoms with Gasteiger partial charge in [0.25, 0.3) is 0 Å². The lowest BCUT2D eigenvalue weighted by atomic mass is 9.84. The second kappa shape index (κ2) is 8.76. The van der Waals surface area contributed by atoms with Gasteiger partial charge in [0, 0.05) is 20.2 Å². The van der Waals surface area contributed by atoms with Crippen molar-refractivity contribution >= 4 is 74.6 Å². The number of hydrogen-bond acceptors (Lipinski definition) is 1. The van der Waals surface area contributed by atoms with Crippen LogP contribution in [0.5, 0.6) is 0 Å². The predicted octanol–water partition coefficient (Wildman–Crippen LogP) is 12.0. The molecule has 0 saturated heterocycles. The van der Waals surface area contributed by atoms with E-state index >= 15 is 0 Å². The van der Waals surface area contributed by atoms with Crippen LogP contribution in [0.1, 0.15) is 0 Å². The molecule has 0 atom stereocenters. The van der Waals surface area contributed by atoms with Crippen LogP contribution in [0.25, 0.3) is 85.5 Å². The Kier molecular flexibility index (Phi) is 4.87. The van der Waals surface area contributed by atoms with Crippen molar-refractivity contribution in [3.05, 3.63) is 146 Å². The molecule has 9 aromatic rings. The first-order valence-electron chi connectivity index (χ1n) is 14.1. The summed E-state index contributed by atoms with van der Waals surface area (Å²) >= 11 is 1.90. The van der Waals surface area contributed by atoms with E-state index in [-0.39, 0.29) is 0 Å². The average Bonchev–Trinajstić information content (AvgIpc) is 3.40. The summed E-state index contributed by atoms with van der Waals surface area (Å²) in [5.74, 6) is 0. The van der Waals surface area contributed by atoms with Crippen molar-refractivity contribution in [2.45, 2.75) is 0 Å². The van der Waals surface area contributed by atoms with E-state index in [1.807, 2.05) is 11.3 Å². The summed E-state index contributed by atoms with van der Waals surface area (Å²) in [5, 5.41) is 13.0. The van der Waals surface area contributed by atoms with E-state index in [0.29, 0.717) is 0 Å². The zero-order valence-corrected chi connectivity index (χ0v) is 23.1. The summed E-state index contributed by atoms with van der Waals surface area (Å²) in [7, 11) is 0. The highest BCUT2D eigenvalue weighted by Gasteiger charge is 2.19. The van der Waals surface area contributed by atoms with Crippen molar-refractivity contribution in [3.8, 4) is 22.3 Å². The first-order chi connectivity index (χ1) is 20.3. The maximum absolute atomic E-state index is 2.39. The van der Waals surface area contributed by atoms with Crippen LogP contribution in [0.15, 0.2) is 146 Å². The molecule has 0 aliphatic heterocycles. The molecule has 0 spiro atoms. The van der Waals surface area contributed by atoms with Crippen molar-refractivity contribution in [2.24, 2.45) is 0 Å². The van der Waals surface area contributed by atoms with Crippen LogP contribution in [-0.4, -0.2) is 0 Å². The largest absolute Gasteiger partial charge is 0.135 e. The number of hydrogen-bond donors (Lipinski definition) is 0. The normalized spacial score (nSPS) is 11.9. The van der Waals surface area contributed by atoms with Gasteiger partial charge in [0.05, 0.1) is 0 Å². The fraction of sp³-hybridized carbons (Fsp3) is 0. The first-order valence-corrected chi connectivity index (χ1v) is 14.9. The van der Waals surface area contributed by atoms with Gasteiger partial charge in [-0.2, -0.15) is 0 Å². The van der Waals surface area contributed by atoms with Gasteiger partial charge in [0.1, 0.15) is 0 Å². The van der Waals surface area contributed by atoms with Gasteiger partial charge in [-0.3, -0.25) is 0 Å². The summed E-state index contributed by atoms with van der Waals surface area (Å²) < 4.78 is 2.67. The van der Waals surface area contributed by atoms with E-state index in [2.05, 4.69) is 146 Å². The summed E-state index contributed by atoms with van der Waals surface area (Å²) in [6, 6.07) is 53.8. The minimum absolute atomic E-state index is 1.26. The molecule has 41 heavy (non-hydrogen) atoms. The van der Waals surface area contributed by atoms with E-state index in [1.54, 1.807) is 0 Å². The Morgan fingerprint density at radius 3 is 1.59 bits per heavy atom. The van der Waals surface area contributed by atoms with Crippen LogP contribution in [0.3, 0.4) is 0 Å². The third-order valence-electron chi connectivity index (χ3n) is 8.60. The van der Waals surface area contributed by atoms with Crippen molar-refractivity contribution in [2.75, 3.05) is 0 Å². The van der Waals surface area contributed by atoms with Crippen molar-refractivity contribution in [1.29, 1.82) is 0 Å². The van der Waals surface area contributed by atoms with Gasteiger partial charge < -0.3 is 0 Å². The Morgan fingerprint density at radius 2 is 0.902 bits per heavy atom. The minimum Gasteiger partial charge on any atom is -0.135 e. The van der Waals surface area contributed by atoms with Crippen molar-refractivity contribution in [3.63, 3.8) is 0 Å². The zero-order chi connectivity index (χ0) is 26.9. The number of benzene rings is 8. The number of fused-ring (bicyclic) bond motifs is 7. The standard InChI is InChI=1S/C40H24S/c1-2-11-26-22-29(21-20-25(26)10-1)38-30-14-5-7-16-32(30)39(33-17-8-6-15-31(33)38)34-18-9-19-36-40(34)35-23-27-12-3-4-13-28(27)24-37(35)41-36/h1-24H. The molecular formula is C40H24S. The molecule has 0 fully saturated rings. The second-order valence-electron chi connectivity index (χ2n) is 10.9. The van der Waals surface area contributed by atoms with Gasteiger partial charge in [-0.05, 0) is 89.6 Å². The van der Waals surface area contributed by atoms with E-state index in [0.717, 1.165) is 0 Å². The summed E-state index contributed by atoms with van der Waals surface area (Å²) in [4.78, 5) is 0. The summed E-state index contributed by atoms with van der Waals surface area (Å²) in [5.41, 5.74) is 5.19. The van der Waals surface area contributed by atoms with E-state index in [1.165, 1.54) is 85.5 Å². The molecule has 0 saturated carbocycles. The van der Waals surface area contributed by atoms with Gasteiger partial charge in [0.2, 0.25) is 0 Å². The van der Waals surface area contributed by atoms with Gasteiger partial charge in [-0.15, -0.1) is 11.3 Å². The lowest BCUT2D eigenvalue weighted by Gasteiger charge is -2.18. The molecule has 0 aliphatic carbocycles. The predicted molar refractivity (Wildman–Crippen MR) is 180 cm³/mol. The third-order valence-corrected chi connectivity index (χ3v) is 9.72. The molecule has 0 radical (unpaired) electrons. The van der Waals surface area contributed by atoms with E-state index in [9.17, 15) is 0 Å². The van der Waals surface area contributed by atoms with Gasteiger partial charge in [-0.25, -0.2) is 0 Å². The van der Waals surface area contributed by atoms with Crippen LogP contribution in [0.4, 0.5) is 0 Å². The average molecular weight is 537 g/mol. The van der Waals surface area contributed by atoms with Crippen LogP contribution in [-0.2, 0) is 0 Å². The highest BCUT2D eigenvalue weighted by atomic mass is 32.1. The van der Waals surface area contributed by atoms with Crippen LogP contribution < -0.4 is 0 Å². The Labute approximate surface area is 241 Å². The fourth-order valence-corrected chi connectivity index (χ4v) is 7.96. The maximum atomic E-state index is 2.39. The zero-order valence-electron chi connectivity index (χ0n) is 22.3. The van der Waals surface area contributed by atoms with E-state index in [4.69, 9.17) is 0 Å². The molecule has 1 heterocycles. The molecule has 8 aromatic carbocycles. The Balaban J connectivity index is 1.43. The molecule has 190 valence electrons. The third kappa shape index (κ3) is 3.40. The molecular weight excluding hydrogens is 513 g/mol. The van der Waals surface area contributed by atoms with Crippen molar-refractivity contribution in [1.82, 2.24) is 0 Å². The molecule has 1 aromatic heterocycles. The minimum atomic E-state index is 1.26. The number of rotatable bonds is 2. The molecule has 0 aliphatic rings. The number of thiophene rings is 1. The molecule has 0 unspecified atom stereocenters. The topological polar surface area (TPSA) is 0 Å². The molecule has 0 amide bonds. The highest BCUT2D eigenvalue weighted by Crippen LogP contribution is 2.48. The molecule has 1 heteroatoms. The molecule has 0 nitrogen and oxygen atoms in total. The molecule has 9 rings (SSSR count). The van der Waals surface area contributed by atoms with Crippen LogP contribution in [0, 0.1) is 0 Å². The first kappa shape index (κ1) is 22.8. The molecule has 0 N–H and O–H groups in total. The van der Waals surface area contributed by atoms with Crippen molar-refractivity contribution < 1.29 is 0 Å². The fourth-order valence-electron chi connectivity index (χ4n) is 6.79. The smallest absolute Gasteiger partial charge is 0.0362 e. The monoisotopic (exact) mass is 536 g/mol. The summed E-state index contributed by atoms with van der Waals surface area (Å²) in [6.07, 6.45) is 0. The summed E-state index contributed by atoms with van der Waals surface area (Å²) in [6.45, 7) is 0. The maximum Gasteiger partial charge on any atom is 0.0362 e. The second-order valence-corrected chi connectivity index (χ2v) is 12.0. The van der Waals surface area contributed by atoms with Gasteiger partial charge >= 0.3 is 0 Å². The molecule has 0 bridgehead atoms. The van der Waals surface area contributed by atoms with Crippen LogP contribution >= 0.6 is 11.3 Å². The Bertz CT molecular complexity index is 2420. The quantitative estimate of drug-likeness (QED) is 0.193. The van der Waals surface area contributed by atoms with Gasteiger partial charge in [-0.1, -0.05) is 121 Å². The highest BCUT2D eigenvalue weighted by molar-refractivity contribution is 7.26.